The van der Waals surface area contributed by atoms with Gasteiger partial charge in [-0.05, 0) is 25.0 Å². The monoisotopic (exact) mass is 658 g/mol. The second kappa shape index (κ2) is 8.83. The van der Waals surface area contributed by atoms with Crippen molar-refractivity contribution in [3.63, 3.8) is 0 Å². The summed E-state index contributed by atoms with van der Waals surface area (Å²) in [6.07, 6.45) is -1.98. The zero-order chi connectivity index (χ0) is 33.9. The van der Waals surface area contributed by atoms with Crippen LogP contribution in [0.4, 0.5) is 0 Å². The summed E-state index contributed by atoms with van der Waals surface area (Å²) in [7, 11) is 1.14. The van der Waals surface area contributed by atoms with Gasteiger partial charge in [0.2, 0.25) is 0 Å². The molecule has 6 fully saturated rings. The second-order valence-electron chi connectivity index (χ2n) is 15.0. The van der Waals surface area contributed by atoms with E-state index in [2.05, 4.69) is 0 Å². The molecule has 4 saturated carbocycles. The van der Waals surface area contributed by atoms with Crippen LogP contribution in [0.5, 0.6) is 0 Å². The number of cyclic esters (lactones) is 1. The van der Waals surface area contributed by atoms with Crippen molar-refractivity contribution >= 4 is 23.9 Å². The van der Waals surface area contributed by atoms with Crippen molar-refractivity contribution in [1.82, 2.24) is 0 Å². The first-order valence-electron chi connectivity index (χ1n) is 15.8. The van der Waals surface area contributed by atoms with Crippen LogP contribution < -0.4 is 0 Å². The van der Waals surface area contributed by atoms with Crippen LogP contribution in [0.2, 0.25) is 0 Å². The molecule has 0 amide bonds. The van der Waals surface area contributed by atoms with Gasteiger partial charge in [0, 0.05) is 55.6 Å². The molecule has 2 saturated heterocycles. The predicted molar refractivity (Wildman–Crippen MR) is 151 cm³/mol. The van der Waals surface area contributed by atoms with Gasteiger partial charge in [0.05, 0.1) is 36.6 Å². The molecule has 1 aromatic heterocycles. The Morgan fingerprint density at radius 1 is 1.06 bits per heavy atom. The van der Waals surface area contributed by atoms with Crippen molar-refractivity contribution in [3.05, 3.63) is 35.8 Å². The lowest BCUT2D eigenvalue weighted by Gasteiger charge is -2.74. The zero-order valence-corrected chi connectivity index (χ0v) is 27.1. The van der Waals surface area contributed by atoms with Gasteiger partial charge in [-0.3, -0.25) is 9.59 Å². The number of fused-ring (bicyclic) bond motifs is 4. The molecule has 0 aromatic carbocycles. The highest BCUT2D eigenvalue weighted by Crippen LogP contribution is 2.87. The minimum Gasteiger partial charge on any atom is -0.472 e. The van der Waals surface area contributed by atoms with E-state index in [1.165, 1.54) is 32.4 Å². The largest absolute Gasteiger partial charge is 0.472 e. The highest BCUT2D eigenvalue weighted by atomic mass is 16.9. The molecule has 7 aliphatic rings. The number of methoxy groups -OCH3 is 1. The number of carbonyl (C=O) groups excluding carboxylic acids is 4. The summed E-state index contributed by atoms with van der Waals surface area (Å²) in [5.41, 5.74) is -8.45. The summed E-state index contributed by atoms with van der Waals surface area (Å²) in [5.74, 6) is -6.81. The van der Waals surface area contributed by atoms with Crippen LogP contribution in [-0.2, 0) is 52.3 Å². The van der Waals surface area contributed by atoms with E-state index >= 15 is 0 Å². The van der Waals surface area contributed by atoms with E-state index in [1.807, 2.05) is 0 Å². The average molecular weight is 659 g/mol. The number of aliphatic hydroxyl groups is 2. The Morgan fingerprint density at radius 2 is 1.77 bits per heavy atom. The minimum atomic E-state index is -1.81. The van der Waals surface area contributed by atoms with Gasteiger partial charge in [0.1, 0.15) is 30.0 Å². The standard InChI is InChI=1S/C33H38O14/c1-14(34)42-18-11-32-29(5)22(21(37)26(38)40-7)27(3)13-31(29,39)20(24(27)43-15(2)35)25-33(32,47-30(6,45-25)46-32)17-10-19(36)44-23(28(17,18)4)16-8-9-41-12-16/h8-10,12,18,20-25,37,39H,11,13H2,1-7H3/t18-,20?,21-,22-,23-,24+,25+,27+,28-,29-,30?,31?,32-,33+/m1/s1. The summed E-state index contributed by atoms with van der Waals surface area (Å²) in [4.78, 5) is 52.3. The Morgan fingerprint density at radius 3 is 2.38 bits per heavy atom. The third-order valence-corrected chi connectivity index (χ3v) is 13.0. The molecule has 1 aromatic rings. The van der Waals surface area contributed by atoms with E-state index in [1.54, 1.807) is 33.8 Å². The zero-order valence-electron chi connectivity index (χ0n) is 27.1. The van der Waals surface area contributed by atoms with Crippen molar-refractivity contribution in [1.29, 1.82) is 0 Å². The molecule has 254 valence electrons. The molecular formula is C33H38O14. The topological polar surface area (TPSA) is 186 Å². The molecule has 0 radical (unpaired) electrons. The van der Waals surface area contributed by atoms with Gasteiger partial charge in [-0.2, -0.15) is 0 Å². The van der Waals surface area contributed by atoms with E-state index in [-0.39, 0.29) is 12.8 Å². The number of aliphatic hydroxyl groups excluding tert-OH is 1. The Balaban J connectivity index is 1.46. The van der Waals surface area contributed by atoms with Gasteiger partial charge < -0.3 is 47.8 Å². The fourth-order valence-corrected chi connectivity index (χ4v) is 11.8. The van der Waals surface area contributed by atoms with Gasteiger partial charge in [0.15, 0.2) is 11.7 Å². The van der Waals surface area contributed by atoms with Gasteiger partial charge in [0.25, 0.3) is 5.97 Å². The Hall–Kier alpha value is -3.30. The third kappa shape index (κ3) is 3.11. The maximum absolute atomic E-state index is 13.6. The first kappa shape index (κ1) is 31.0. The van der Waals surface area contributed by atoms with Crippen LogP contribution in [-0.4, -0.2) is 88.4 Å². The number of hydrogen-bond acceptors (Lipinski definition) is 14. The number of hydrogen-bond donors (Lipinski definition) is 2. The van der Waals surface area contributed by atoms with Gasteiger partial charge in [-0.1, -0.05) is 13.8 Å². The Kier molecular flexibility index (Phi) is 5.82. The molecule has 4 heterocycles. The van der Waals surface area contributed by atoms with E-state index in [4.69, 9.17) is 37.6 Å². The van der Waals surface area contributed by atoms with Crippen LogP contribution in [0, 0.1) is 28.1 Å². The van der Waals surface area contributed by atoms with E-state index in [0.717, 1.165) is 7.11 Å². The minimum absolute atomic E-state index is 0.0101. The molecule has 14 atom stereocenters. The number of carbonyl (C=O) groups is 4. The fourth-order valence-electron chi connectivity index (χ4n) is 11.8. The number of furan rings is 1. The molecule has 8 rings (SSSR count). The second-order valence-corrected chi connectivity index (χ2v) is 15.0. The van der Waals surface area contributed by atoms with Crippen molar-refractivity contribution in [2.24, 2.45) is 28.1 Å². The number of ether oxygens (including phenoxy) is 7. The van der Waals surface area contributed by atoms with Crippen LogP contribution >= 0.6 is 0 Å². The SMILES string of the molecule is COC(=O)[C@H](O)[C@@H]1[C@]2(C)CC3(O)C([C@@H]2OC(C)=O)[C@@H]2OC4(C)O[C@]5(C[C@@H](OC(C)=O)[C@@]6(C)C(=CC(=O)O[C@@H]6c6ccoc6)[C@]25O4)[C@]13C. The average Bonchev–Trinajstić information content (AvgIpc) is 3.74. The van der Waals surface area contributed by atoms with Crippen molar-refractivity contribution in [2.75, 3.05) is 7.11 Å². The molecule has 1 spiro atoms. The van der Waals surface area contributed by atoms with Gasteiger partial charge >= 0.3 is 23.9 Å². The van der Waals surface area contributed by atoms with Crippen molar-refractivity contribution in [3.8, 4) is 0 Å². The normalized spacial score (nSPS) is 51.8. The summed E-state index contributed by atoms with van der Waals surface area (Å²) < 4.78 is 48.8. The number of rotatable bonds is 5. The first-order chi connectivity index (χ1) is 21.9. The molecular weight excluding hydrogens is 620 g/mol. The molecule has 3 unspecified atom stereocenters. The molecule has 4 bridgehead atoms. The van der Waals surface area contributed by atoms with E-state index in [9.17, 15) is 29.4 Å². The van der Waals surface area contributed by atoms with E-state index in [0.29, 0.717) is 11.1 Å². The lowest BCUT2D eigenvalue weighted by Crippen LogP contribution is -2.88. The van der Waals surface area contributed by atoms with Crippen molar-refractivity contribution in [2.45, 2.75) is 108 Å². The van der Waals surface area contributed by atoms with Crippen LogP contribution in [0.1, 0.15) is 66.1 Å². The lowest BCUT2D eigenvalue weighted by molar-refractivity contribution is -0.419. The number of esters is 4. The molecule has 2 N–H and O–H groups in total. The molecule has 3 aliphatic heterocycles. The van der Waals surface area contributed by atoms with Gasteiger partial charge in [-0.25, -0.2) is 9.59 Å². The predicted octanol–water partition coefficient (Wildman–Crippen LogP) is 1.62. The quantitative estimate of drug-likeness (QED) is 0.343. The van der Waals surface area contributed by atoms with Crippen molar-refractivity contribution < 1.29 is 67.0 Å². The molecule has 47 heavy (non-hydrogen) atoms. The summed E-state index contributed by atoms with van der Waals surface area (Å²) in [6, 6.07) is 1.65. The first-order valence-corrected chi connectivity index (χ1v) is 15.8. The highest BCUT2D eigenvalue weighted by molar-refractivity contribution is 5.86. The maximum Gasteiger partial charge on any atom is 0.335 e. The Labute approximate surface area is 269 Å². The third-order valence-electron chi connectivity index (χ3n) is 13.0. The van der Waals surface area contributed by atoms with Crippen LogP contribution in [0.25, 0.3) is 0 Å². The van der Waals surface area contributed by atoms with Crippen LogP contribution in [0.15, 0.2) is 34.7 Å². The van der Waals surface area contributed by atoms with Crippen LogP contribution in [0.3, 0.4) is 0 Å². The van der Waals surface area contributed by atoms with Gasteiger partial charge in [-0.15, -0.1) is 0 Å². The highest BCUT2D eigenvalue weighted by Gasteiger charge is 2.99. The summed E-state index contributed by atoms with van der Waals surface area (Å²) >= 11 is 0. The lowest BCUT2D eigenvalue weighted by atomic mass is 9.35. The smallest absolute Gasteiger partial charge is 0.335 e. The maximum atomic E-state index is 13.6. The molecule has 4 aliphatic carbocycles. The summed E-state index contributed by atoms with van der Waals surface area (Å²) in [6.45, 7) is 9.35. The fraction of sp³-hybridized carbons (Fsp3) is 0.697. The summed E-state index contributed by atoms with van der Waals surface area (Å²) in [5, 5.41) is 25.0. The molecule has 14 heteroatoms. The molecule has 14 nitrogen and oxygen atoms in total. The van der Waals surface area contributed by atoms with E-state index < -0.39 is 105 Å². The Bertz CT molecular complexity index is 1650.